The average Bonchev–Trinajstić information content (AvgIpc) is 2.93. The molecule has 1 N–H and O–H groups in total. The van der Waals surface area contributed by atoms with Crippen molar-refractivity contribution in [2.24, 2.45) is 11.3 Å². The van der Waals surface area contributed by atoms with Crippen LogP contribution in [0.2, 0.25) is 0 Å². The maximum atomic E-state index is 11.4. The van der Waals surface area contributed by atoms with Gasteiger partial charge in [-0.1, -0.05) is 6.92 Å². The lowest BCUT2D eigenvalue weighted by Gasteiger charge is -2.32. The molecule has 1 aliphatic heterocycles. The van der Waals surface area contributed by atoms with Crippen LogP contribution in [0.4, 0.5) is 0 Å². The third-order valence-corrected chi connectivity index (χ3v) is 3.90. The van der Waals surface area contributed by atoms with E-state index in [9.17, 15) is 9.59 Å². The highest BCUT2D eigenvalue weighted by Gasteiger charge is 2.58. The molecule has 1 heterocycles. The molecule has 0 aromatic carbocycles. The molecule has 0 radical (unpaired) electrons. The van der Waals surface area contributed by atoms with Crippen LogP contribution in [0.3, 0.4) is 0 Å². The zero-order valence-electron chi connectivity index (χ0n) is 9.03. The summed E-state index contributed by atoms with van der Waals surface area (Å²) < 4.78 is 0. The second-order valence-corrected chi connectivity index (χ2v) is 4.69. The maximum Gasteiger partial charge on any atom is 0.307 e. The van der Waals surface area contributed by atoms with Gasteiger partial charge in [-0.05, 0) is 24.7 Å². The molecule has 1 saturated carbocycles. The summed E-state index contributed by atoms with van der Waals surface area (Å²) >= 11 is 0. The summed E-state index contributed by atoms with van der Waals surface area (Å²) in [6, 6.07) is 0. The lowest BCUT2D eigenvalue weighted by atomic mass is 9.90. The molecule has 0 bridgehead atoms. The molecule has 0 aromatic rings. The normalized spacial score (nSPS) is 27.8. The van der Waals surface area contributed by atoms with E-state index in [0.717, 1.165) is 32.4 Å². The van der Waals surface area contributed by atoms with E-state index in [1.807, 2.05) is 11.8 Å². The topological polar surface area (TPSA) is 57.6 Å². The van der Waals surface area contributed by atoms with Gasteiger partial charge in [0.2, 0.25) is 5.91 Å². The number of carbonyl (C=O) groups excluding carboxylic acids is 1. The minimum atomic E-state index is -0.662. The molecule has 4 nitrogen and oxygen atoms in total. The number of carboxylic acid groups (broad SMARTS) is 1. The molecule has 2 fully saturated rings. The lowest BCUT2D eigenvalue weighted by Crippen LogP contribution is -2.39. The van der Waals surface area contributed by atoms with Crippen molar-refractivity contribution in [3.05, 3.63) is 0 Å². The number of aliphatic carboxylic acids is 1. The van der Waals surface area contributed by atoms with Gasteiger partial charge in [0.1, 0.15) is 0 Å². The number of carbonyl (C=O) groups is 2. The van der Waals surface area contributed by atoms with Crippen molar-refractivity contribution in [3.63, 3.8) is 0 Å². The smallest absolute Gasteiger partial charge is 0.307 e. The molecule has 1 aliphatic carbocycles. The highest BCUT2D eigenvalue weighted by molar-refractivity contribution is 5.77. The molecule has 1 saturated heterocycles. The van der Waals surface area contributed by atoms with Crippen LogP contribution in [-0.4, -0.2) is 35.0 Å². The highest BCUT2D eigenvalue weighted by atomic mass is 16.4. The van der Waals surface area contributed by atoms with Gasteiger partial charge in [0.25, 0.3) is 0 Å². The number of carboxylic acids is 1. The van der Waals surface area contributed by atoms with Gasteiger partial charge in [-0.25, -0.2) is 0 Å². The Morgan fingerprint density at radius 2 is 2.00 bits per heavy atom. The summed E-state index contributed by atoms with van der Waals surface area (Å²) in [6.45, 7) is 3.36. The van der Waals surface area contributed by atoms with Gasteiger partial charge in [0.05, 0.1) is 5.92 Å². The fraction of sp³-hybridized carbons (Fsp3) is 0.818. The highest BCUT2D eigenvalue weighted by Crippen LogP contribution is 2.59. The molecule has 0 aromatic heterocycles. The van der Waals surface area contributed by atoms with E-state index in [2.05, 4.69) is 0 Å². The van der Waals surface area contributed by atoms with Gasteiger partial charge < -0.3 is 10.0 Å². The van der Waals surface area contributed by atoms with Gasteiger partial charge in [-0.2, -0.15) is 0 Å². The van der Waals surface area contributed by atoms with E-state index in [4.69, 9.17) is 5.11 Å². The molecule has 1 atom stereocenters. The Morgan fingerprint density at radius 1 is 1.40 bits per heavy atom. The Bertz CT molecular complexity index is 292. The summed E-state index contributed by atoms with van der Waals surface area (Å²) in [7, 11) is 0. The number of likely N-dealkylation sites (tertiary alicyclic amines) is 1. The average molecular weight is 211 g/mol. The fourth-order valence-electron chi connectivity index (χ4n) is 2.67. The first-order valence-electron chi connectivity index (χ1n) is 5.59. The molecule has 84 valence electrons. The van der Waals surface area contributed by atoms with Crippen molar-refractivity contribution < 1.29 is 14.7 Å². The van der Waals surface area contributed by atoms with E-state index in [1.54, 1.807) is 0 Å². The van der Waals surface area contributed by atoms with Crippen molar-refractivity contribution in [2.75, 3.05) is 13.1 Å². The van der Waals surface area contributed by atoms with Crippen LogP contribution in [0.15, 0.2) is 0 Å². The van der Waals surface area contributed by atoms with Crippen LogP contribution < -0.4 is 0 Å². The molecular weight excluding hydrogens is 194 g/mol. The van der Waals surface area contributed by atoms with E-state index < -0.39 is 5.97 Å². The molecule has 2 rings (SSSR count). The van der Waals surface area contributed by atoms with Crippen LogP contribution >= 0.6 is 0 Å². The van der Waals surface area contributed by atoms with Gasteiger partial charge in [0.15, 0.2) is 0 Å². The van der Waals surface area contributed by atoms with Crippen molar-refractivity contribution in [1.82, 2.24) is 4.90 Å². The fourth-order valence-corrected chi connectivity index (χ4v) is 2.67. The van der Waals surface area contributed by atoms with Crippen LogP contribution in [0.5, 0.6) is 0 Å². The summed E-state index contributed by atoms with van der Waals surface area (Å²) in [6.07, 6.45) is 3.11. The van der Waals surface area contributed by atoms with Crippen LogP contribution in [-0.2, 0) is 9.59 Å². The largest absolute Gasteiger partial charge is 0.481 e. The first-order chi connectivity index (χ1) is 7.09. The molecule has 2 aliphatic rings. The summed E-state index contributed by atoms with van der Waals surface area (Å²) in [5, 5.41) is 8.91. The number of amides is 1. The third-order valence-electron chi connectivity index (χ3n) is 3.90. The van der Waals surface area contributed by atoms with Crippen LogP contribution in [0.25, 0.3) is 0 Å². The molecule has 1 spiro atoms. The Morgan fingerprint density at radius 3 is 2.40 bits per heavy atom. The van der Waals surface area contributed by atoms with E-state index in [0.29, 0.717) is 6.42 Å². The molecule has 0 unspecified atom stereocenters. The third kappa shape index (κ3) is 1.73. The quantitative estimate of drug-likeness (QED) is 0.744. The van der Waals surface area contributed by atoms with Gasteiger partial charge >= 0.3 is 5.97 Å². The second-order valence-electron chi connectivity index (χ2n) is 4.69. The van der Waals surface area contributed by atoms with Crippen LogP contribution in [0.1, 0.15) is 32.6 Å². The first kappa shape index (κ1) is 10.5. The molecule has 1 amide bonds. The van der Waals surface area contributed by atoms with Crippen molar-refractivity contribution >= 4 is 11.9 Å². The van der Waals surface area contributed by atoms with Crippen molar-refractivity contribution in [3.8, 4) is 0 Å². The Hall–Kier alpha value is -1.06. The minimum Gasteiger partial charge on any atom is -0.481 e. The molecule has 15 heavy (non-hydrogen) atoms. The Labute approximate surface area is 89.3 Å². The first-order valence-corrected chi connectivity index (χ1v) is 5.59. The number of nitrogens with zero attached hydrogens (tertiary/aromatic N) is 1. The van der Waals surface area contributed by atoms with Crippen LogP contribution in [0, 0.1) is 11.3 Å². The summed E-state index contributed by atoms with van der Waals surface area (Å²) in [4.78, 5) is 24.1. The Balaban J connectivity index is 1.89. The standard InChI is InChI=1S/C11H17NO3/c1-2-9(13)12-5-3-11(4-6-12)7-8(11)10(14)15/h8H,2-7H2,1H3,(H,14,15)/t8-/m0/s1. The SMILES string of the molecule is CCC(=O)N1CCC2(CC1)C[C@H]2C(=O)O. The van der Waals surface area contributed by atoms with Gasteiger partial charge in [-0.15, -0.1) is 0 Å². The van der Waals surface area contributed by atoms with E-state index >= 15 is 0 Å². The lowest BCUT2D eigenvalue weighted by molar-refractivity contribution is -0.139. The monoisotopic (exact) mass is 211 g/mol. The van der Waals surface area contributed by atoms with Gasteiger partial charge in [0, 0.05) is 19.5 Å². The van der Waals surface area contributed by atoms with E-state index in [1.165, 1.54) is 0 Å². The number of hydrogen-bond donors (Lipinski definition) is 1. The number of rotatable bonds is 2. The summed E-state index contributed by atoms with van der Waals surface area (Å²) in [5.41, 5.74) is 0.0381. The predicted molar refractivity (Wildman–Crippen MR) is 54.3 cm³/mol. The maximum absolute atomic E-state index is 11.4. The van der Waals surface area contributed by atoms with Crippen molar-refractivity contribution in [1.29, 1.82) is 0 Å². The minimum absolute atomic E-state index is 0.0381. The molecule has 4 heteroatoms. The second kappa shape index (κ2) is 3.51. The van der Waals surface area contributed by atoms with E-state index in [-0.39, 0.29) is 17.2 Å². The predicted octanol–water partition coefficient (Wildman–Crippen LogP) is 1.11. The molecular formula is C11H17NO3. The summed E-state index contributed by atoms with van der Waals surface area (Å²) in [5.74, 6) is -0.612. The number of hydrogen-bond acceptors (Lipinski definition) is 2. The zero-order valence-corrected chi connectivity index (χ0v) is 9.03. The van der Waals surface area contributed by atoms with Crippen molar-refractivity contribution in [2.45, 2.75) is 32.6 Å². The number of piperidine rings is 1. The zero-order chi connectivity index (χ0) is 11.1. The Kier molecular flexibility index (Phi) is 2.44. The van der Waals surface area contributed by atoms with Gasteiger partial charge in [-0.3, -0.25) is 9.59 Å².